The zero-order valence-electron chi connectivity index (χ0n) is 13.6. The van der Waals surface area contributed by atoms with Crippen molar-refractivity contribution in [2.75, 3.05) is 6.54 Å². The summed E-state index contributed by atoms with van der Waals surface area (Å²) in [4.78, 5) is 12.4. The number of carbonyl (C=O) groups excluding carboxylic acids is 1. The maximum Gasteiger partial charge on any atom is 0.254 e. The number of hydrogen-bond donors (Lipinski definition) is 1. The molecule has 0 saturated heterocycles. The third-order valence-electron chi connectivity index (χ3n) is 3.42. The fourth-order valence-corrected chi connectivity index (χ4v) is 2.56. The van der Waals surface area contributed by atoms with Crippen molar-refractivity contribution in [2.24, 2.45) is 5.92 Å². The van der Waals surface area contributed by atoms with Gasteiger partial charge < -0.3 is 5.32 Å². The van der Waals surface area contributed by atoms with Crippen LogP contribution < -0.4 is 5.32 Å². The maximum absolute atomic E-state index is 12.4. The topological polar surface area (TPSA) is 46.9 Å². The second kappa shape index (κ2) is 7.84. The van der Waals surface area contributed by atoms with Crippen LogP contribution in [0.25, 0.3) is 5.69 Å². The molecule has 0 aliphatic heterocycles. The molecule has 0 spiro atoms. The van der Waals surface area contributed by atoms with Crippen molar-refractivity contribution in [3.05, 3.63) is 45.7 Å². The summed E-state index contributed by atoms with van der Waals surface area (Å²) >= 11 is 12.1. The number of rotatable bonds is 6. The summed E-state index contributed by atoms with van der Waals surface area (Å²) in [7, 11) is 0. The first kappa shape index (κ1) is 17.8. The van der Waals surface area contributed by atoms with Crippen LogP contribution in [0.2, 0.25) is 10.0 Å². The number of nitrogens with zero attached hydrogens (tertiary/aromatic N) is 2. The van der Waals surface area contributed by atoms with Crippen molar-refractivity contribution in [1.29, 1.82) is 0 Å². The zero-order valence-corrected chi connectivity index (χ0v) is 15.1. The Bertz CT molecular complexity index is 695. The van der Waals surface area contributed by atoms with Crippen LogP contribution in [0.4, 0.5) is 0 Å². The van der Waals surface area contributed by atoms with Gasteiger partial charge >= 0.3 is 0 Å². The SMILES string of the molecule is CCCc1c(C(=O)NCC(C)C)cnn1-c1ccc(Cl)c(Cl)c1. The number of amides is 1. The lowest BCUT2D eigenvalue weighted by atomic mass is 10.1. The van der Waals surface area contributed by atoms with Crippen LogP contribution in [0.1, 0.15) is 43.2 Å². The first-order valence-corrected chi connectivity index (χ1v) is 8.50. The Morgan fingerprint density at radius 3 is 2.65 bits per heavy atom. The molecule has 23 heavy (non-hydrogen) atoms. The summed E-state index contributed by atoms with van der Waals surface area (Å²) in [5, 5.41) is 8.28. The van der Waals surface area contributed by atoms with Crippen molar-refractivity contribution in [1.82, 2.24) is 15.1 Å². The van der Waals surface area contributed by atoms with Gasteiger partial charge in [-0.15, -0.1) is 0 Å². The van der Waals surface area contributed by atoms with E-state index in [9.17, 15) is 4.79 Å². The van der Waals surface area contributed by atoms with E-state index in [-0.39, 0.29) is 5.91 Å². The van der Waals surface area contributed by atoms with Crippen LogP contribution in [0.3, 0.4) is 0 Å². The van der Waals surface area contributed by atoms with Gasteiger partial charge in [-0.05, 0) is 30.5 Å². The summed E-state index contributed by atoms with van der Waals surface area (Å²) in [5.74, 6) is 0.312. The fraction of sp³-hybridized carbons (Fsp3) is 0.412. The standard InChI is InChI=1S/C17H21Cl2N3O/c1-4-5-16-13(17(23)20-9-11(2)3)10-21-22(16)12-6-7-14(18)15(19)8-12/h6-8,10-11H,4-5,9H2,1-3H3,(H,20,23). The smallest absolute Gasteiger partial charge is 0.254 e. The molecular formula is C17H21Cl2N3O. The molecule has 1 heterocycles. The second-order valence-corrected chi connectivity index (χ2v) is 6.68. The first-order valence-electron chi connectivity index (χ1n) is 7.74. The predicted molar refractivity (Wildman–Crippen MR) is 94.8 cm³/mol. The van der Waals surface area contributed by atoms with Crippen LogP contribution in [-0.4, -0.2) is 22.2 Å². The van der Waals surface area contributed by atoms with E-state index >= 15 is 0 Å². The van der Waals surface area contributed by atoms with E-state index in [1.54, 1.807) is 23.0 Å². The Morgan fingerprint density at radius 1 is 1.30 bits per heavy atom. The lowest BCUT2D eigenvalue weighted by Gasteiger charge is -2.11. The zero-order chi connectivity index (χ0) is 17.0. The molecule has 0 saturated carbocycles. The third kappa shape index (κ3) is 4.27. The van der Waals surface area contributed by atoms with Crippen LogP contribution in [0, 0.1) is 5.92 Å². The summed E-state index contributed by atoms with van der Waals surface area (Å²) < 4.78 is 1.76. The highest BCUT2D eigenvalue weighted by molar-refractivity contribution is 6.42. The van der Waals surface area contributed by atoms with Crippen molar-refractivity contribution >= 4 is 29.1 Å². The van der Waals surface area contributed by atoms with Gasteiger partial charge in [0.15, 0.2) is 0 Å². The summed E-state index contributed by atoms with van der Waals surface area (Å²) in [6.45, 7) is 6.84. The lowest BCUT2D eigenvalue weighted by Crippen LogP contribution is -2.28. The van der Waals surface area contributed by atoms with E-state index in [0.717, 1.165) is 24.2 Å². The molecule has 0 aliphatic carbocycles. The van der Waals surface area contributed by atoms with Crippen LogP contribution in [-0.2, 0) is 6.42 Å². The molecule has 0 unspecified atom stereocenters. The Morgan fingerprint density at radius 2 is 2.04 bits per heavy atom. The highest BCUT2D eigenvalue weighted by atomic mass is 35.5. The molecule has 2 aromatic rings. The average Bonchev–Trinajstić information content (AvgIpc) is 2.92. The second-order valence-electron chi connectivity index (χ2n) is 5.87. The van der Waals surface area contributed by atoms with Crippen molar-refractivity contribution in [3.63, 3.8) is 0 Å². The molecule has 0 bridgehead atoms. The van der Waals surface area contributed by atoms with Gasteiger partial charge in [0, 0.05) is 6.54 Å². The van der Waals surface area contributed by atoms with Gasteiger partial charge in [0.05, 0.1) is 33.2 Å². The maximum atomic E-state index is 12.4. The quantitative estimate of drug-likeness (QED) is 0.829. The van der Waals surface area contributed by atoms with E-state index in [2.05, 4.69) is 31.2 Å². The van der Waals surface area contributed by atoms with E-state index in [1.807, 2.05) is 6.07 Å². The Balaban J connectivity index is 2.37. The average molecular weight is 354 g/mol. The van der Waals surface area contributed by atoms with Gasteiger partial charge in [-0.2, -0.15) is 5.10 Å². The Labute approximate surface area is 146 Å². The molecule has 0 aliphatic rings. The molecular weight excluding hydrogens is 333 g/mol. The molecule has 4 nitrogen and oxygen atoms in total. The number of aromatic nitrogens is 2. The van der Waals surface area contributed by atoms with Gasteiger partial charge in [-0.3, -0.25) is 4.79 Å². The summed E-state index contributed by atoms with van der Waals surface area (Å²) in [5.41, 5.74) is 2.29. The van der Waals surface area contributed by atoms with Gasteiger partial charge in [-0.1, -0.05) is 50.4 Å². The Kier molecular flexibility index (Phi) is 6.08. The van der Waals surface area contributed by atoms with E-state index in [1.165, 1.54) is 0 Å². The highest BCUT2D eigenvalue weighted by Gasteiger charge is 2.18. The van der Waals surface area contributed by atoms with E-state index < -0.39 is 0 Å². The highest BCUT2D eigenvalue weighted by Crippen LogP contribution is 2.26. The van der Waals surface area contributed by atoms with Gasteiger partial charge in [-0.25, -0.2) is 4.68 Å². The molecule has 1 aromatic heterocycles. The molecule has 2 rings (SSSR count). The Hall–Kier alpha value is -1.52. The molecule has 1 aromatic carbocycles. The molecule has 0 radical (unpaired) electrons. The third-order valence-corrected chi connectivity index (χ3v) is 4.16. The minimum atomic E-state index is -0.0894. The van der Waals surface area contributed by atoms with E-state index in [4.69, 9.17) is 23.2 Å². The fourth-order valence-electron chi connectivity index (χ4n) is 2.27. The number of benzene rings is 1. The number of carbonyl (C=O) groups is 1. The number of nitrogens with one attached hydrogen (secondary N) is 1. The minimum Gasteiger partial charge on any atom is -0.352 e. The summed E-state index contributed by atoms with van der Waals surface area (Å²) in [6, 6.07) is 5.33. The molecule has 0 fully saturated rings. The number of halogens is 2. The van der Waals surface area contributed by atoms with Gasteiger partial charge in [0.2, 0.25) is 0 Å². The van der Waals surface area contributed by atoms with Crippen molar-refractivity contribution in [2.45, 2.75) is 33.6 Å². The molecule has 0 atom stereocenters. The van der Waals surface area contributed by atoms with Gasteiger partial charge in [0.25, 0.3) is 5.91 Å². The monoisotopic (exact) mass is 353 g/mol. The first-order chi connectivity index (χ1) is 10.9. The van der Waals surface area contributed by atoms with Crippen LogP contribution in [0.15, 0.2) is 24.4 Å². The van der Waals surface area contributed by atoms with E-state index in [0.29, 0.717) is 28.1 Å². The minimum absolute atomic E-state index is 0.0894. The molecule has 1 amide bonds. The normalized spacial score (nSPS) is 11.0. The molecule has 6 heteroatoms. The predicted octanol–water partition coefficient (Wildman–Crippen LogP) is 4.52. The van der Waals surface area contributed by atoms with Gasteiger partial charge in [0.1, 0.15) is 0 Å². The van der Waals surface area contributed by atoms with Crippen molar-refractivity contribution < 1.29 is 4.79 Å². The largest absolute Gasteiger partial charge is 0.352 e. The summed E-state index contributed by atoms with van der Waals surface area (Å²) in [6.07, 6.45) is 3.28. The van der Waals surface area contributed by atoms with Crippen LogP contribution >= 0.6 is 23.2 Å². The molecule has 1 N–H and O–H groups in total. The molecule has 124 valence electrons. The van der Waals surface area contributed by atoms with Crippen molar-refractivity contribution in [3.8, 4) is 5.69 Å². The lowest BCUT2D eigenvalue weighted by molar-refractivity contribution is 0.0948. The number of hydrogen-bond acceptors (Lipinski definition) is 2. The van der Waals surface area contributed by atoms with Crippen LogP contribution in [0.5, 0.6) is 0 Å².